The van der Waals surface area contributed by atoms with Crippen LogP contribution in [0.25, 0.3) is 0 Å². The molecule has 0 aliphatic heterocycles. The van der Waals surface area contributed by atoms with Gasteiger partial charge in [0.1, 0.15) is 0 Å². The van der Waals surface area contributed by atoms with Crippen LogP contribution in [0.15, 0.2) is 0 Å². The summed E-state index contributed by atoms with van der Waals surface area (Å²) >= 11 is 0. The molecular formula is C3H14N5+. The van der Waals surface area contributed by atoms with Gasteiger partial charge < -0.3 is 0 Å². The molecule has 0 aliphatic rings. The lowest BCUT2D eigenvalue weighted by atomic mass is 10.6. The van der Waals surface area contributed by atoms with Crippen molar-refractivity contribution in [2.75, 3.05) is 7.05 Å². The Hall–Kier alpha value is -0.200. The molecule has 0 aromatic heterocycles. The predicted molar refractivity (Wildman–Crippen MR) is 31.3 cm³/mol. The second-order valence-corrected chi connectivity index (χ2v) is 1.86. The van der Waals surface area contributed by atoms with Gasteiger partial charge in [-0.3, -0.25) is 5.32 Å². The Bertz CT molecular complexity index is 64.6. The summed E-state index contributed by atoms with van der Waals surface area (Å²) in [5.74, 6) is 15.7. The van der Waals surface area contributed by atoms with Crippen LogP contribution in [0.2, 0.25) is 0 Å². The minimum Gasteiger partial charge on any atom is -0.266 e. The summed E-state index contributed by atoms with van der Waals surface area (Å²) < 4.78 is 0. The van der Waals surface area contributed by atoms with Crippen molar-refractivity contribution in [3.05, 3.63) is 0 Å². The molecule has 0 bridgehead atoms. The van der Waals surface area contributed by atoms with Crippen molar-refractivity contribution in [1.29, 1.82) is 0 Å². The summed E-state index contributed by atoms with van der Waals surface area (Å²) in [5.41, 5.74) is 0. The Kier molecular flexibility index (Phi) is 2.32. The molecule has 8 heavy (non-hydrogen) atoms. The van der Waals surface area contributed by atoms with Gasteiger partial charge in [0.2, 0.25) is 0 Å². The molecule has 1 atom stereocenters. The van der Waals surface area contributed by atoms with Crippen molar-refractivity contribution in [3.63, 3.8) is 0 Å². The first-order chi connectivity index (χ1) is 3.48. The normalized spacial score (nSPS) is 16.1. The first-order valence-electron chi connectivity index (χ1n) is 2.40. The topological polar surface area (TPSA) is 90.1 Å². The number of nitrogens with zero attached hydrogens (tertiary/aromatic N) is 1. The summed E-state index contributed by atoms with van der Waals surface area (Å²) in [7, 11) is 1.74. The number of hydrogen-bond acceptors (Lipinski definition) is 4. The Morgan fingerprint density at radius 1 is 1.38 bits per heavy atom. The van der Waals surface area contributed by atoms with E-state index in [-0.39, 0.29) is 6.17 Å². The smallest absolute Gasteiger partial charge is 0.194 e. The van der Waals surface area contributed by atoms with Crippen LogP contribution >= 0.6 is 0 Å². The fourth-order valence-corrected chi connectivity index (χ4v) is 0.224. The second kappa shape index (κ2) is 2.38. The van der Waals surface area contributed by atoms with E-state index < -0.39 is 4.81 Å². The first-order valence-corrected chi connectivity index (χ1v) is 2.40. The van der Waals surface area contributed by atoms with Crippen molar-refractivity contribution >= 4 is 0 Å². The van der Waals surface area contributed by atoms with Crippen LogP contribution < -0.4 is 22.8 Å². The molecule has 0 aromatic carbocycles. The molecule has 50 valence electrons. The third kappa shape index (κ3) is 2.20. The zero-order valence-electron chi connectivity index (χ0n) is 5.26. The Labute approximate surface area is 48.9 Å². The van der Waals surface area contributed by atoms with Gasteiger partial charge in [-0.05, 0) is 7.05 Å². The van der Waals surface area contributed by atoms with Gasteiger partial charge in [0.25, 0.3) is 0 Å². The van der Waals surface area contributed by atoms with Gasteiger partial charge >= 0.3 is 0 Å². The average Bonchev–Trinajstić information content (AvgIpc) is 1.62. The second-order valence-electron chi connectivity index (χ2n) is 1.86. The minimum atomic E-state index is -0.531. The maximum absolute atomic E-state index is 5.22. The van der Waals surface area contributed by atoms with Gasteiger partial charge in [-0.1, -0.05) is 4.81 Å². The van der Waals surface area contributed by atoms with E-state index >= 15 is 0 Å². The molecule has 0 spiro atoms. The molecule has 5 heteroatoms. The third-order valence-corrected chi connectivity index (χ3v) is 1.09. The Balaban J connectivity index is 3.62. The van der Waals surface area contributed by atoms with Crippen molar-refractivity contribution in [1.82, 2.24) is 5.32 Å². The van der Waals surface area contributed by atoms with Crippen molar-refractivity contribution in [2.24, 2.45) is 17.5 Å². The zero-order chi connectivity index (χ0) is 6.78. The Morgan fingerprint density at radius 3 is 1.75 bits per heavy atom. The monoisotopic (exact) mass is 120 g/mol. The van der Waals surface area contributed by atoms with E-state index in [0.717, 1.165) is 0 Å². The van der Waals surface area contributed by atoms with Gasteiger partial charge in [-0.2, -0.15) is 0 Å². The molecule has 5 nitrogen and oxygen atoms in total. The summed E-state index contributed by atoms with van der Waals surface area (Å²) in [5, 5.41) is 2.80. The van der Waals surface area contributed by atoms with E-state index in [0.29, 0.717) is 0 Å². The number of rotatable bonds is 2. The lowest BCUT2D eigenvalue weighted by Gasteiger charge is -2.25. The first kappa shape index (κ1) is 7.80. The van der Waals surface area contributed by atoms with Gasteiger partial charge in [0.15, 0.2) is 6.17 Å². The number of nitrogens with one attached hydrogen (secondary N) is 1. The molecular weight excluding hydrogens is 106 g/mol. The zero-order valence-corrected chi connectivity index (χ0v) is 5.26. The molecule has 0 fully saturated rings. The van der Waals surface area contributed by atoms with Crippen LogP contribution in [0.5, 0.6) is 0 Å². The quantitative estimate of drug-likeness (QED) is 0.147. The SMILES string of the molecule is CNC(C)[N+](N)(N)N. The van der Waals surface area contributed by atoms with E-state index in [1.807, 2.05) is 0 Å². The average molecular weight is 120 g/mol. The van der Waals surface area contributed by atoms with Crippen molar-refractivity contribution in [2.45, 2.75) is 13.1 Å². The van der Waals surface area contributed by atoms with Crippen molar-refractivity contribution in [3.8, 4) is 0 Å². The molecule has 0 aliphatic carbocycles. The molecule has 0 radical (unpaired) electrons. The largest absolute Gasteiger partial charge is 0.266 e. The highest BCUT2D eigenvalue weighted by Gasteiger charge is 2.18. The number of quaternary nitrogens is 1. The number of hydrogen-bond donors (Lipinski definition) is 4. The summed E-state index contributed by atoms with van der Waals surface area (Å²) in [6.45, 7) is 1.79. The highest BCUT2D eigenvalue weighted by Crippen LogP contribution is 1.81. The van der Waals surface area contributed by atoms with E-state index in [4.69, 9.17) is 17.5 Å². The lowest BCUT2D eigenvalue weighted by Crippen LogP contribution is -2.73. The highest BCUT2D eigenvalue weighted by atomic mass is 15.9. The molecule has 0 saturated heterocycles. The number of nitrogens with two attached hydrogens (primary N) is 3. The standard InChI is InChI=1S/C3H14N5/c1-3(7-2)8(4,5)6/h3,7H,4-6H2,1-2H3/q+1. The minimum absolute atomic E-state index is 0.130. The molecule has 0 amide bonds. The fraction of sp³-hybridized carbons (Fsp3) is 1.00. The van der Waals surface area contributed by atoms with Crippen LogP contribution in [0.4, 0.5) is 0 Å². The molecule has 1 unspecified atom stereocenters. The molecule has 0 aromatic rings. The van der Waals surface area contributed by atoms with E-state index in [9.17, 15) is 0 Å². The van der Waals surface area contributed by atoms with Crippen LogP contribution in [0.1, 0.15) is 6.92 Å². The molecule has 0 rings (SSSR count). The summed E-state index contributed by atoms with van der Waals surface area (Å²) in [6.07, 6.45) is -0.130. The van der Waals surface area contributed by atoms with Crippen LogP contribution in [-0.4, -0.2) is 18.0 Å². The van der Waals surface area contributed by atoms with Gasteiger partial charge in [-0.25, -0.2) is 0 Å². The lowest BCUT2D eigenvalue weighted by molar-refractivity contribution is -0.986. The van der Waals surface area contributed by atoms with Crippen molar-refractivity contribution < 1.29 is 4.81 Å². The van der Waals surface area contributed by atoms with E-state index in [2.05, 4.69) is 5.32 Å². The van der Waals surface area contributed by atoms with Gasteiger partial charge in [0.05, 0.1) is 0 Å². The summed E-state index contributed by atoms with van der Waals surface area (Å²) in [4.78, 5) is -0.531. The van der Waals surface area contributed by atoms with Crippen LogP contribution in [0, 0.1) is 0 Å². The van der Waals surface area contributed by atoms with Crippen LogP contribution in [0.3, 0.4) is 0 Å². The summed E-state index contributed by atoms with van der Waals surface area (Å²) in [6, 6.07) is 0. The maximum Gasteiger partial charge on any atom is 0.194 e. The molecule has 0 heterocycles. The van der Waals surface area contributed by atoms with E-state index in [1.165, 1.54) is 0 Å². The van der Waals surface area contributed by atoms with E-state index in [1.54, 1.807) is 14.0 Å². The molecule has 0 saturated carbocycles. The third-order valence-electron chi connectivity index (χ3n) is 1.09. The maximum atomic E-state index is 5.22. The van der Waals surface area contributed by atoms with Gasteiger partial charge in [0, 0.05) is 6.92 Å². The molecule has 7 N–H and O–H groups in total. The highest BCUT2D eigenvalue weighted by molar-refractivity contribution is 4.33. The van der Waals surface area contributed by atoms with Gasteiger partial charge in [-0.15, -0.1) is 17.5 Å². The Morgan fingerprint density at radius 2 is 1.75 bits per heavy atom. The fourth-order valence-electron chi connectivity index (χ4n) is 0.224. The van der Waals surface area contributed by atoms with Crippen LogP contribution in [-0.2, 0) is 0 Å². The predicted octanol–water partition coefficient (Wildman–Crippen LogP) is -2.01.